The lowest BCUT2D eigenvalue weighted by molar-refractivity contribution is 0.171. The first-order chi connectivity index (χ1) is 11.3. The standard InChI is InChI=1S/C17H15N3O3/c21-17(20-14-10-18-13-4-2-1-3-12(13)14)19-11-5-6-15-16(9-11)23-8-7-22-15/h1-6,9-10,18H,7-8H2,(H2,19,20,21). The van der Waals surface area contributed by atoms with Crippen LogP contribution in [0.25, 0.3) is 10.9 Å². The first-order valence-electron chi connectivity index (χ1n) is 7.33. The highest BCUT2D eigenvalue weighted by molar-refractivity contribution is 6.05. The maximum absolute atomic E-state index is 12.2. The van der Waals surface area contributed by atoms with Crippen molar-refractivity contribution in [2.45, 2.75) is 0 Å². The zero-order chi connectivity index (χ0) is 15.6. The second kappa shape index (κ2) is 5.57. The molecule has 0 saturated heterocycles. The van der Waals surface area contributed by atoms with Crippen molar-refractivity contribution < 1.29 is 14.3 Å². The van der Waals surface area contributed by atoms with Crippen molar-refractivity contribution in [1.82, 2.24) is 4.98 Å². The number of ether oxygens (including phenoxy) is 2. The molecule has 0 aliphatic carbocycles. The van der Waals surface area contributed by atoms with Gasteiger partial charge in [0.1, 0.15) is 13.2 Å². The van der Waals surface area contributed by atoms with Gasteiger partial charge in [-0.15, -0.1) is 0 Å². The third-order valence-electron chi connectivity index (χ3n) is 3.64. The van der Waals surface area contributed by atoms with Gasteiger partial charge in [-0.2, -0.15) is 0 Å². The van der Waals surface area contributed by atoms with Crippen LogP contribution in [0.5, 0.6) is 11.5 Å². The normalized spacial score (nSPS) is 12.9. The van der Waals surface area contributed by atoms with E-state index in [1.807, 2.05) is 24.3 Å². The maximum Gasteiger partial charge on any atom is 0.323 e. The zero-order valence-corrected chi connectivity index (χ0v) is 12.3. The summed E-state index contributed by atoms with van der Waals surface area (Å²) >= 11 is 0. The molecule has 1 aromatic heterocycles. The predicted molar refractivity (Wildman–Crippen MR) is 88.4 cm³/mol. The molecule has 6 nitrogen and oxygen atoms in total. The summed E-state index contributed by atoms with van der Waals surface area (Å²) in [5.74, 6) is 1.33. The number of hydrogen-bond acceptors (Lipinski definition) is 3. The van der Waals surface area contributed by atoms with Crippen molar-refractivity contribution >= 4 is 28.3 Å². The summed E-state index contributed by atoms with van der Waals surface area (Å²) in [5.41, 5.74) is 2.35. The molecule has 0 fully saturated rings. The molecule has 2 heterocycles. The molecule has 23 heavy (non-hydrogen) atoms. The van der Waals surface area contributed by atoms with Crippen LogP contribution in [0.3, 0.4) is 0 Å². The van der Waals surface area contributed by atoms with Crippen LogP contribution in [0.2, 0.25) is 0 Å². The average Bonchev–Trinajstić information content (AvgIpc) is 2.98. The van der Waals surface area contributed by atoms with Gasteiger partial charge >= 0.3 is 6.03 Å². The number of nitrogens with one attached hydrogen (secondary N) is 3. The Bertz CT molecular complexity index is 872. The van der Waals surface area contributed by atoms with Crippen molar-refractivity contribution in [2.75, 3.05) is 23.8 Å². The summed E-state index contributed by atoms with van der Waals surface area (Å²) in [6, 6.07) is 12.8. The molecular formula is C17H15N3O3. The molecular weight excluding hydrogens is 294 g/mol. The number of amides is 2. The number of aromatic nitrogens is 1. The maximum atomic E-state index is 12.2. The fourth-order valence-corrected chi connectivity index (χ4v) is 2.58. The Morgan fingerprint density at radius 3 is 2.74 bits per heavy atom. The largest absolute Gasteiger partial charge is 0.486 e. The van der Waals surface area contributed by atoms with E-state index in [1.54, 1.807) is 24.4 Å². The molecule has 0 spiro atoms. The Kier molecular flexibility index (Phi) is 3.27. The first kappa shape index (κ1) is 13.5. The molecule has 6 heteroatoms. The quantitative estimate of drug-likeness (QED) is 0.677. The van der Waals surface area contributed by atoms with Gasteiger partial charge in [0.2, 0.25) is 0 Å². The first-order valence-corrected chi connectivity index (χ1v) is 7.33. The van der Waals surface area contributed by atoms with E-state index in [2.05, 4.69) is 15.6 Å². The van der Waals surface area contributed by atoms with Gasteiger partial charge < -0.3 is 25.1 Å². The van der Waals surface area contributed by atoms with E-state index in [-0.39, 0.29) is 6.03 Å². The summed E-state index contributed by atoms with van der Waals surface area (Å²) < 4.78 is 11.0. The van der Waals surface area contributed by atoms with Gasteiger partial charge in [-0.05, 0) is 18.2 Å². The van der Waals surface area contributed by atoms with Crippen molar-refractivity contribution in [3.8, 4) is 11.5 Å². The number of aromatic amines is 1. The van der Waals surface area contributed by atoms with Gasteiger partial charge in [-0.25, -0.2) is 4.79 Å². The minimum Gasteiger partial charge on any atom is -0.486 e. The topological polar surface area (TPSA) is 75.4 Å². The number of hydrogen-bond donors (Lipinski definition) is 3. The fraction of sp³-hybridized carbons (Fsp3) is 0.118. The van der Waals surface area contributed by atoms with E-state index in [4.69, 9.17) is 9.47 Å². The van der Waals surface area contributed by atoms with Crippen LogP contribution in [0.1, 0.15) is 0 Å². The Balaban J connectivity index is 1.50. The van der Waals surface area contributed by atoms with Gasteiger partial charge in [0.15, 0.2) is 11.5 Å². The molecule has 116 valence electrons. The lowest BCUT2D eigenvalue weighted by atomic mass is 10.2. The van der Waals surface area contributed by atoms with Crippen LogP contribution < -0.4 is 20.1 Å². The van der Waals surface area contributed by atoms with E-state index >= 15 is 0 Å². The minimum absolute atomic E-state index is 0.313. The Labute approximate surface area is 132 Å². The van der Waals surface area contributed by atoms with Crippen molar-refractivity contribution in [1.29, 1.82) is 0 Å². The van der Waals surface area contributed by atoms with Gasteiger partial charge in [0, 0.05) is 28.9 Å². The van der Waals surface area contributed by atoms with E-state index < -0.39 is 0 Å². The highest BCUT2D eigenvalue weighted by Gasteiger charge is 2.13. The number of carbonyl (C=O) groups excluding carboxylic acids is 1. The number of H-pyrrole nitrogens is 1. The molecule has 3 aromatic rings. The van der Waals surface area contributed by atoms with Crippen LogP contribution in [0.15, 0.2) is 48.7 Å². The summed E-state index contributed by atoms with van der Waals surface area (Å²) in [6.45, 7) is 1.05. The second-order valence-electron chi connectivity index (χ2n) is 5.19. The van der Waals surface area contributed by atoms with Crippen LogP contribution in [-0.2, 0) is 0 Å². The summed E-state index contributed by atoms with van der Waals surface area (Å²) in [7, 11) is 0. The van der Waals surface area contributed by atoms with Gasteiger partial charge in [-0.1, -0.05) is 18.2 Å². The Morgan fingerprint density at radius 2 is 1.83 bits per heavy atom. The number of carbonyl (C=O) groups is 1. The molecule has 3 N–H and O–H groups in total. The van der Waals surface area contributed by atoms with Crippen LogP contribution in [0, 0.1) is 0 Å². The molecule has 0 bridgehead atoms. The molecule has 0 saturated carbocycles. The van der Waals surface area contributed by atoms with Crippen LogP contribution >= 0.6 is 0 Å². The summed E-state index contributed by atoms with van der Waals surface area (Å²) in [5, 5.41) is 6.60. The number of benzene rings is 2. The van der Waals surface area contributed by atoms with E-state index in [0.29, 0.717) is 30.4 Å². The van der Waals surface area contributed by atoms with E-state index in [9.17, 15) is 4.79 Å². The van der Waals surface area contributed by atoms with Crippen molar-refractivity contribution in [3.05, 3.63) is 48.7 Å². The highest BCUT2D eigenvalue weighted by Crippen LogP contribution is 2.32. The number of fused-ring (bicyclic) bond motifs is 2. The Hall–Kier alpha value is -3.15. The average molecular weight is 309 g/mol. The van der Waals surface area contributed by atoms with Crippen molar-refractivity contribution in [2.24, 2.45) is 0 Å². The van der Waals surface area contributed by atoms with Crippen LogP contribution in [0.4, 0.5) is 16.2 Å². The number of rotatable bonds is 2. The number of para-hydroxylation sites is 1. The summed E-state index contributed by atoms with van der Waals surface area (Å²) in [6.07, 6.45) is 1.77. The van der Waals surface area contributed by atoms with Crippen LogP contribution in [-0.4, -0.2) is 24.2 Å². The zero-order valence-electron chi connectivity index (χ0n) is 12.3. The highest BCUT2D eigenvalue weighted by atomic mass is 16.6. The lowest BCUT2D eigenvalue weighted by Crippen LogP contribution is -2.20. The molecule has 0 atom stereocenters. The third-order valence-corrected chi connectivity index (χ3v) is 3.64. The van der Waals surface area contributed by atoms with E-state index in [0.717, 1.165) is 16.6 Å². The predicted octanol–water partition coefficient (Wildman–Crippen LogP) is 3.58. The molecule has 4 rings (SSSR count). The monoisotopic (exact) mass is 309 g/mol. The molecule has 2 aromatic carbocycles. The minimum atomic E-state index is -0.313. The van der Waals surface area contributed by atoms with Gasteiger partial charge in [0.25, 0.3) is 0 Å². The number of urea groups is 1. The fourth-order valence-electron chi connectivity index (χ4n) is 2.58. The lowest BCUT2D eigenvalue weighted by Gasteiger charge is -2.19. The van der Waals surface area contributed by atoms with E-state index in [1.165, 1.54) is 0 Å². The summed E-state index contributed by atoms with van der Waals surface area (Å²) in [4.78, 5) is 15.3. The Morgan fingerprint density at radius 1 is 1.00 bits per heavy atom. The number of anilines is 2. The molecule has 0 unspecified atom stereocenters. The van der Waals surface area contributed by atoms with Crippen molar-refractivity contribution in [3.63, 3.8) is 0 Å². The van der Waals surface area contributed by atoms with Gasteiger partial charge in [-0.3, -0.25) is 0 Å². The second-order valence-corrected chi connectivity index (χ2v) is 5.19. The third kappa shape index (κ3) is 2.66. The molecule has 2 amide bonds. The molecule has 1 aliphatic heterocycles. The SMILES string of the molecule is O=C(Nc1ccc2c(c1)OCCO2)Nc1c[nH]c2ccccc12. The molecule has 1 aliphatic rings. The smallest absolute Gasteiger partial charge is 0.323 e. The molecule has 0 radical (unpaired) electrons. The van der Waals surface area contributed by atoms with Gasteiger partial charge in [0.05, 0.1) is 5.69 Å².